The number of anilines is 1. The van der Waals surface area contributed by atoms with Crippen LogP contribution in [0.3, 0.4) is 0 Å². The molecule has 5 heteroatoms. The normalized spacial score (nSPS) is 21.8. The van der Waals surface area contributed by atoms with Gasteiger partial charge in [-0.05, 0) is 68.3 Å². The maximum absolute atomic E-state index is 12.3. The third-order valence-electron chi connectivity index (χ3n) is 5.67. The first kappa shape index (κ1) is 21.2. The number of rotatable bonds is 7. The molecule has 1 aliphatic heterocycles. The Balaban J connectivity index is 0.00000243. The molecule has 0 aromatic heterocycles. The highest BCUT2D eigenvalue weighted by Gasteiger charge is 2.22. The highest BCUT2D eigenvalue weighted by atomic mass is 35.5. The van der Waals surface area contributed by atoms with E-state index in [4.69, 9.17) is 4.74 Å². The minimum absolute atomic E-state index is 0. The zero-order valence-electron chi connectivity index (χ0n) is 15.8. The number of benzene rings is 1. The molecule has 1 saturated heterocycles. The summed E-state index contributed by atoms with van der Waals surface area (Å²) in [6.45, 7) is 5.03. The number of halogens is 1. The van der Waals surface area contributed by atoms with Gasteiger partial charge in [-0.3, -0.25) is 4.79 Å². The van der Waals surface area contributed by atoms with Crippen LogP contribution in [0, 0.1) is 11.8 Å². The number of nitrogens with one attached hydrogen (secondary N) is 2. The Labute approximate surface area is 163 Å². The fraction of sp³-hybridized carbons (Fsp3) is 0.667. The molecule has 2 aliphatic rings. The van der Waals surface area contributed by atoms with E-state index in [1.807, 2.05) is 12.1 Å². The first-order chi connectivity index (χ1) is 12.2. The van der Waals surface area contributed by atoms with Crippen LogP contribution in [0.5, 0.6) is 0 Å². The van der Waals surface area contributed by atoms with Crippen molar-refractivity contribution in [3.63, 3.8) is 0 Å². The van der Waals surface area contributed by atoms with E-state index >= 15 is 0 Å². The van der Waals surface area contributed by atoms with Crippen molar-refractivity contribution in [2.75, 3.05) is 18.4 Å². The van der Waals surface area contributed by atoms with Crippen LogP contribution in [0.1, 0.15) is 57.4 Å². The zero-order chi connectivity index (χ0) is 17.5. The van der Waals surface area contributed by atoms with Crippen molar-refractivity contribution in [1.82, 2.24) is 5.32 Å². The molecule has 1 saturated carbocycles. The largest absolute Gasteiger partial charge is 0.374 e. The monoisotopic (exact) mass is 380 g/mol. The minimum atomic E-state index is 0. The zero-order valence-corrected chi connectivity index (χ0v) is 16.7. The van der Waals surface area contributed by atoms with Gasteiger partial charge in [0.05, 0.1) is 12.7 Å². The van der Waals surface area contributed by atoms with E-state index in [-0.39, 0.29) is 18.3 Å². The van der Waals surface area contributed by atoms with E-state index in [2.05, 4.69) is 29.7 Å². The molecule has 0 radical (unpaired) electrons. The molecule has 1 aromatic carbocycles. The summed E-state index contributed by atoms with van der Waals surface area (Å²) in [6, 6.07) is 8.08. The average Bonchev–Trinajstić information content (AvgIpc) is 3.15. The summed E-state index contributed by atoms with van der Waals surface area (Å²) in [4.78, 5) is 12.3. The maximum atomic E-state index is 12.3. The molecule has 1 heterocycles. The molecule has 26 heavy (non-hydrogen) atoms. The molecule has 0 spiro atoms. The van der Waals surface area contributed by atoms with E-state index < -0.39 is 0 Å². The second-order valence-electron chi connectivity index (χ2n) is 7.75. The number of piperidine rings is 1. The van der Waals surface area contributed by atoms with Crippen LogP contribution >= 0.6 is 12.4 Å². The molecule has 2 fully saturated rings. The lowest BCUT2D eigenvalue weighted by atomic mass is 9.85. The van der Waals surface area contributed by atoms with Gasteiger partial charge in [0.15, 0.2) is 0 Å². The van der Waals surface area contributed by atoms with Crippen LogP contribution in [-0.2, 0) is 16.1 Å². The van der Waals surface area contributed by atoms with Gasteiger partial charge < -0.3 is 15.4 Å². The van der Waals surface area contributed by atoms with Crippen LogP contribution in [0.15, 0.2) is 24.3 Å². The van der Waals surface area contributed by atoms with Gasteiger partial charge in [0, 0.05) is 12.1 Å². The minimum Gasteiger partial charge on any atom is -0.374 e. The van der Waals surface area contributed by atoms with Crippen LogP contribution in [-0.4, -0.2) is 25.1 Å². The van der Waals surface area contributed by atoms with E-state index in [0.29, 0.717) is 31.0 Å². The number of hydrogen-bond acceptors (Lipinski definition) is 3. The van der Waals surface area contributed by atoms with Gasteiger partial charge >= 0.3 is 0 Å². The Morgan fingerprint density at radius 3 is 2.58 bits per heavy atom. The smallest absolute Gasteiger partial charge is 0.224 e. The van der Waals surface area contributed by atoms with Crippen molar-refractivity contribution in [2.45, 2.75) is 64.6 Å². The van der Waals surface area contributed by atoms with Crippen molar-refractivity contribution in [1.29, 1.82) is 0 Å². The molecular weight excluding hydrogens is 348 g/mol. The Morgan fingerprint density at radius 1 is 1.19 bits per heavy atom. The molecule has 2 atom stereocenters. The number of carbonyl (C=O) groups is 1. The van der Waals surface area contributed by atoms with Gasteiger partial charge in [0.1, 0.15) is 0 Å². The van der Waals surface area contributed by atoms with E-state index in [0.717, 1.165) is 18.8 Å². The van der Waals surface area contributed by atoms with Gasteiger partial charge in [-0.15, -0.1) is 12.4 Å². The van der Waals surface area contributed by atoms with Gasteiger partial charge in [-0.1, -0.05) is 31.9 Å². The van der Waals surface area contributed by atoms with E-state index in [9.17, 15) is 4.79 Å². The summed E-state index contributed by atoms with van der Waals surface area (Å²) < 4.78 is 5.94. The number of ether oxygens (including phenoxy) is 1. The first-order valence-electron chi connectivity index (χ1n) is 9.92. The number of amides is 1. The van der Waals surface area contributed by atoms with Crippen molar-refractivity contribution in [3.8, 4) is 0 Å². The molecule has 3 rings (SSSR count). The van der Waals surface area contributed by atoms with Gasteiger partial charge in [0.2, 0.25) is 5.91 Å². The maximum Gasteiger partial charge on any atom is 0.224 e. The SMILES string of the molecule is CC(CC(=O)Nc1ccc(COC2CCCC2)cc1)C1CCCNC1.Cl. The molecule has 2 N–H and O–H groups in total. The molecule has 1 aliphatic carbocycles. The van der Waals surface area contributed by atoms with Crippen LogP contribution in [0.25, 0.3) is 0 Å². The second-order valence-corrected chi connectivity index (χ2v) is 7.75. The molecular formula is C21H33ClN2O2. The predicted molar refractivity (Wildman–Crippen MR) is 109 cm³/mol. The van der Waals surface area contributed by atoms with Gasteiger partial charge in [-0.25, -0.2) is 0 Å². The van der Waals surface area contributed by atoms with Crippen molar-refractivity contribution < 1.29 is 9.53 Å². The predicted octanol–water partition coefficient (Wildman–Crippen LogP) is 4.53. The van der Waals surface area contributed by atoms with Crippen LogP contribution < -0.4 is 10.6 Å². The molecule has 146 valence electrons. The highest BCUT2D eigenvalue weighted by Crippen LogP contribution is 2.24. The number of hydrogen-bond donors (Lipinski definition) is 2. The van der Waals surface area contributed by atoms with Gasteiger partial charge in [-0.2, -0.15) is 0 Å². The summed E-state index contributed by atoms with van der Waals surface area (Å²) in [5, 5.41) is 6.47. The highest BCUT2D eigenvalue weighted by molar-refractivity contribution is 5.90. The Morgan fingerprint density at radius 2 is 1.92 bits per heavy atom. The summed E-state index contributed by atoms with van der Waals surface area (Å²) in [6.07, 6.45) is 8.48. The molecule has 1 amide bonds. The van der Waals surface area contributed by atoms with Gasteiger partial charge in [0.25, 0.3) is 0 Å². The standard InChI is InChI=1S/C21H32N2O2.ClH/c1-16(18-5-4-12-22-14-18)13-21(24)23-19-10-8-17(9-11-19)15-25-20-6-2-3-7-20;/h8-11,16,18,20,22H,2-7,12-15H2,1H3,(H,23,24);1H. The fourth-order valence-electron chi connectivity index (χ4n) is 3.99. The molecule has 0 bridgehead atoms. The molecule has 2 unspecified atom stereocenters. The van der Waals surface area contributed by atoms with Crippen LogP contribution in [0.2, 0.25) is 0 Å². The topological polar surface area (TPSA) is 50.4 Å². The summed E-state index contributed by atoms with van der Waals surface area (Å²) in [7, 11) is 0. The van der Waals surface area contributed by atoms with Crippen molar-refractivity contribution in [3.05, 3.63) is 29.8 Å². The Kier molecular flexibility index (Phi) is 8.89. The average molecular weight is 381 g/mol. The molecule has 1 aromatic rings. The number of carbonyl (C=O) groups excluding carboxylic acids is 1. The lowest BCUT2D eigenvalue weighted by Gasteiger charge is -2.28. The first-order valence-corrected chi connectivity index (χ1v) is 9.92. The Hall–Kier alpha value is -1.10. The van der Waals surface area contributed by atoms with Crippen molar-refractivity contribution in [2.24, 2.45) is 11.8 Å². The van der Waals surface area contributed by atoms with Crippen molar-refractivity contribution >= 4 is 24.0 Å². The quantitative estimate of drug-likeness (QED) is 0.730. The lowest BCUT2D eigenvalue weighted by molar-refractivity contribution is -0.117. The summed E-state index contributed by atoms with van der Waals surface area (Å²) in [5.41, 5.74) is 2.05. The van der Waals surface area contributed by atoms with Crippen LogP contribution in [0.4, 0.5) is 5.69 Å². The molecule has 4 nitrogen and oxygen atoms in total. The summed E-state index contributed by atoms with van der Waals surface area (Å²) in [5.74, 6) is 1.16. The Bertz CT molecular complexity index is 537. The summed E-state index contributed by atoms with van der Waals surface area (Å²) >= 11 is 0. The third kappa shape index (κ3) is 6.57. The fourth-order valence-corrected chi connectivity index (χ4v) is 3.99. The van der Waals surface area contributed by atoms with E-state index in [1.54, 1.807) is 0 Å². The second kappa shape index (κ2) is 10.9. The lowest BCUT2D eigenvalue weighted by Crippen LogP contribution is -2.34. The third-order valence-corrected chi connectivity index (χ3v) is 5.67. The van der Waals surface area contributed by atoms with E-state index in [1.165, 1.54) is 44.1 Å².